The quantitative estimate of drug-likeness (QED) is 0.284. The first-order chi connectivity index (χ1) is 15.0. The highest BCUT2D eigenvalue weighted by Gasteiger charge is 2.45. The van der Waals surface area contributed by atoms with E-state index in [-0.39, 0.29) is 0 Å². The number of rotatable bonds is 7. The van der Waals surface area contributed by atoms with Gasteiger partial charge in [0.15, 0.2) is 18.1 Å². The van der Waals surface area contributed by atoms with Gasteiger partial charge in [0.25, 0.3) is 0 Å². The highest BCUT2D eigenvalue weighted by molar-refractivity contribution is 5.89. The first kappa shape index (κ1) is 21.8. The molecular formula is C23H27NO7. The van der Waals surface area contributed by atoms with E-state index in [1.807, 2.05) is 12.3 Å². The number of aliphatic hydroxyl groups is 4. The lowest BCUT2D eigenvalue weighted by Crippen LogP contribution is -2.59. The standard InChI is InChI=1S/C23H27NO7/c1-2-13-6-8-14(9-7-13)10-15-11-24-16-4-3-5-17(19(15)16)30-31-22-21(27)20(26)18(12-25)29-23(22)28/h3-9,11,18,20-28H,2,10,12H2,1H3/t18-,20-,21+,22-,23-/m1/s1. The molecule has 1 aromatic heterocycles. The zero-order valence-electron chi connectivity index (χ0n) is 17.1. The molecule has 2 aromatic carbocycles. The molecule has 2 heterocycles. The summed E-state index contributed by atoms with van der Waals surface area (Å²) in [4.78, 5) is 14.0. The van der Waals surface area contributed by atoms with E-state index in [2.05, 4.69) is 36.2 Å². The van der Waals surface area contributed by atoms with Crippen LogP contribution < -0.4 is 4.89 Å². The Bertz CT molecular complexity index is 1000. The van der Waals surface area contributed by atoms with Crippen LogP contribution in [-0.4, -0.2) is 62.7 Å². The smallest absolute Gasteiger partial charge is 0.188 e. The monoisotopic (exact) mass is 429 g/mol. The van der Waals surface area contributed by atoms with Crippen molar-refractivity contribution in [1.82, 2.24) is 4.98 Å². The lowest BCUT2D eigenvalue weighted by Gasteiger charge is -2.38. The SMILES string of the molecule is CCc1ccc(Cc2c[nH]c3cccc(OO[C@@H]4[C@@H](O)[C@H](O)[C@@H](CO)O[C@H]4O)c23)cc1. The predicted octanol–water partition coefficient (Wildman–Crippen LogP) is 1.43. The summed E-state index contributed by atoms with van der Waals surface area (Å²) in [5, 5.41) is 40.3. The van der Waals surface area contributed by atoms with E-state index in [0.717, 1.165) is 28.5 Å². The molecule has 4 rings (SSSR count). The largest absolute Gasteiger partial charge is 0.394 e. The minimum Gasteiger partial charge on any atom is -0.394 e. The molecule has 0 aliphatic carbocycles. The molecule has 5 atom stereocenters. The molecule has 0 amide bonds. The van der Waals surface area contributed by atoms with Crippen LogP contribution in [0.4, 0.5) is 0 Å². The molecule has 1 fully saturated rings. The van der Waals surface area contributed by atoms with Crippen LogP contribution in [0.3, 0.4) is 0 Å². The Hall–Kier alpha value is -2.46. The Morgan fingerprint density at radius 2 is 1.74 bits per heavy atom. The van der Waals surface area contributed by atoms with Gasteiger partial charge < -0.3 is 35.0 Å². The average molecular weight is 429 g/mol. The van der Waals surface area contributed by atoms with Crippen LogP contribution in [0.1, 0.15) is 23.6 Å². The summed E-state index contributed by atoms with van der Waals surface area (Å²) in [7, 11) is 0. The number of aliphatic hydroxyl groups excluding tert-OH is 4. The molecule has 0 spiro atoms. The lowest BCUT2D eigenvalue weighted by molar-refractivity contribution is -0.364. The van der Waals surface area contributed by atoms with E-state index in [0.29, 0.717) is 12.2 Å². The van der Waals surface area contributed by atoms with Crippen LogP contribution in [0.5, 0.6) is 5.75 Å². The van der Waals surface area contributed by atoms with E-state index in [4.69, 9.17) is 14.5 Å². The summed E-state index contributed by atoms with van der Waals surface area (Å²) in [5.41, 5.74) is 4.28. The van der Waals surface area contributed by atoms with E-state index in [9.17, 15) is 20.4 Å². The highest BCUT2D eigenvalue weighted by atomic mass is 17.2. The Balaban J connectivity index is 1.53. The van der Waals surface area contributed by atoms with Crippen molar-refractivity contribution in [3.05, 3.63) is 65.4 Å². The summed E-state index contributed by atoms with van der Waals surface area (Å²) < 4.78 is 5.10. The number of fused-ring (bicyclic) bond motifs is 1. The van der Waals surface area contributed by atoms with Gasteiger partial charge in [-0.15, -0.1) is 0 Å². The van der Waals surface area contributed by atoms with Crippen molar-refractivity contribution in [2.45, 2.75) is 50.5 Å². The van der Waals surface area contributed by atoms with E-state index >= 15 is 0 Å². The topological polar surface area (TPSA) is 124 Å². The molecule has 3 aromatic rings. The van der Waals surface area contributed by atoms with Gasteiger partial charge in [0.1, 0.15) is 18.3 Å². The van der Waals surface area contributed by atoms with E-state index < -0.39 is 37.3 Å². The van der Waals surface area contributed by atoms with Crippen molar-refractivity contribution in [3.63, 3.8) is 0 Å². The molecule has 1 aliphatic rings. The van der Waals surface area contributed by atoms with Gasteiger partial charge in [-0.05, 0) is 41.7 Å². The third-order valence-electron chi connectivity index (χ3n) is 5.67. The minimum absolute atomic E-state index is 0.400. The lowest BCUT2D eigenvalue weighted by atomic mass is 9.99. The van der Waals surface area contributed by atoms with Crippen molar-refractivity contribution < 1.29 is 34.9 Å². The molecule has 1 saturated heterocycles. The zero-order chi connectivity index (χ0) is 22.0. The number of ether oxygens (including phenoxy) is 1. The molecule has 8 heteroatoms. The second-order valence-corrected chi connectivity index (χ2v) is 7.71. The summed E-state index contributed by atoms with van der Waals surface area (Å²) in [6, 6.07) is 13.8. The number of hydrogen-bond donors (Lipinski definition) is 5. The number of nitrogens with one attached hydrogen (secondary N) is 1. The van der Waals surface area contributed by atoms with Gasteiger partial charge in [0.05, 0.1) is 6.61 Å². The van der Waals surface area contributed by atoms with Crippen molar-refractivity contribution in [3.8, 4) is 5.75 Å². The fraction of sp³-hybridized carbons (Fsp3) is 0.391. The van der Waals surface area contributed by atoms with Crippen LogP contribution in [0.25, 0.3) is 10.9 Å². The molecule has 8 nitrogen and oxygen atoms in total. The predicted molar refractivity (Wildman–Crippen MR) is 112 cm³/mol. The zero-order valence-corrected chi connectivity index (χ0v) is 17.1. The second-order valence-electron chi connectivity index (χ2n) is 7.71. The molecule has 31 heavy (non-hydrogen) atoms. The first-order valence-corrected chi connectivity index (χ1v) is 10.3. The van der Waals surface area contributed by atoms with Gasteiger partial charge >= 0.3 is 0 Å². The Morgan fingerprint density at radius 3 is 2.45 bits per heavy atom. The Morgan fingerprint density at radius 1 is 1.00 bits per heavy atom. The summed E-state index contributed by atoms with van der Waals surface area (Å²) in [6.45, 7) is 1.57. The van der Waals surface area contributed by atoms with E-state index in [1.165, 1.54) is 5.56 Å². The first-order valence-electron chi connectivity index (χ1n) is 10.3. The molecule has 166 valence electrons. The third-order valence-corrected chi connectivity index (χ3v) is 5.67. The summed E-state index contributed by atoms with van der Waals surface area (Å²) in [5.74, 6) is 0.400. The van der Waals surface area contributed by atoms with Crippen molar-refractivity contribution in [1.29, 1.82) is 0 Å². The number of benzene rings is 2. The number of H-pyrrole nitrogens is 1. The van der Waals surface area contributed by atoms with Crippen LogP contribution >= 0.6 is 0 Å². The van der Waals surface area contributed by atoms with Crippen molar-refractivity contribution >= 4 is 10.9 Å². The van der Waals surface area contributed by atoms with Crippen molar-refractivity contribution in [2.75, 3.05) is 6.61 Å². The summed E-state index contributed by atoms with van der Waals surface area (Å²) in [6.07, 6.45) is -3.38. The number of aromatic nitrogens is 1. The van der Waals surface area contributed by atoms with Crippen LogP contribution in [0.15, 0.2) is 48.7 Å². The molecular weight excluding hydrogens is 402 g/mol. The number of hydrogen-bond acceptors (Lipinski definition) is 7. The molecule has 0 radical (unpaired) electrons. The molecule has 0 saturated carbocycles. The highest BCUT2D eigenvalue weighted by Crippen LogP contribution is 2.32. The average Bonchev–Trinajstić information content (AvgIpc) is 3.20. The maximum Gasteiger partial charge on any atom is 0.188 e. The maximum absolute atomic E-state index is 10.2. The van der Waals surface area contributed by atoms with Gasteiger partial charge in [0.2, 0.25) is 0 Å². The Labute approximate surface area is 179 Å². The van der Waals surface area contributed by atoms with Gasteiger partial charge in [0, 0.05) is 17.1 Å². The van der Waals surface area contributed by atoms with Crippen LogP contribution in [-0.2, 0) is 22.5 Å². The Kier molecular flexibility index (Phi) is 6.57. The van der Waals surface area contributed by atoms with Gasteiger partial charge in [-0.1, -0.05) is 37.3 Å². The minimum atomic E-state index is -1.57. The normalized spacial score (nSPS) is 26.3. The molecule has 0 bridgehead atoms. The maximum atomic E-state index is 10.2. The molecule has 5 N–H and O–H groups in total. The van der Waals surface area contributed by atoms with E-state index in [1.54, 1.807) is 12.1 Å². The molecule has 0 unspecified atom stereocenters. The fourth-order valence-corrected chi connectivity index (χ4v) is 3.82. The van der Waals surface area contributed by atoms with Gasteiger partial charge in [-0.25, -0.2) is 0 Å². The van der Waals surface area contributed by atoms with Crippen LogP contribution in [0.2, 0.25) is 0 Å². The fourth-order valence-electron chi connectivity index (χ4n) is 3.82. The number of aromatic amines is 1. The van der Waals surface area contributed by atoms with Crippen LogP contribution in [0, 0.1) is 0 Å². The van der Waals surface area contributed by atoms with Gasteiger partial charge in [-0.3, -0.25) is 0 Å². The van der Waals surface area contributed by atoms with Gasteiger partial charge in [-0.2, -0.15) is 4.89 Å². The molecule has 1 aliphatic heterocycles. The third kappa shape index (κ3) is 4.45. The summed E-state index contributed by atoms with van der Waals surface area (Å²) >= 11 is 0. The van der Waals surface area contributed by atoms with Crippen molar-refractivity contribution in [2.24, 2.45) is 0 Å². The second kappa shape index (κ2) is 9.35. The number of aryl methyl sites for hydroxylation is 1.